The number of aromatic nitrogens is 3. The minimum absolute atomic E-state index is 0.128. The summed E-state index contributed by atoms with van der Waals surface area (Å²) in [6.07, 6.45) is 2.20. The van der Waals surface area contributed by atoms with Gasteiger partial charge in [-0.1, -0.05) is 19.0 Å². The number of fused-ring (bicyclic) bond motifs is 1. The van der Waals surface area contributed by atoms with Crippen molar-refractivity contribution in [1.82, 2.24) is 15.1 Å². The van der Waals surface area contributed by atoms with E-state index in [1.165, 1.54) is 0 Å². The second-order valence-corrected chi connectivity index (χ2v) is 4.63. The summed E-state index contributed by atoms with van der Waals surface area (Å²) < 4.78 is 5.18. The van der Waals surface area contributed by atoms with Crippen LogP contribution in [0.4, 0.5) is 0 Å². The molecule has 1 fully saturated rings. The van der Waals surface area contributed by atoms with Crippen LogP contribution in [0.15, 0.2) is 9.32 Å². The summed E-state index contributed by atoms with van der Waals surface area (Å²) in [6, 6.07) is 0. The Morgan fingerprint density at radius 3 is 2.81 bits per heavy atom. The number of nitrogens with zero attached hydrogens (tertiary/aromatic N) is 2. The van der Waals surface area contributed by atoms with E-state index < -0.39 is 0 Å². The van der Waals surface area contributed by atoms with Crippen molar-refractivity contribution in [2.24, 2.45) is 0 Å². The van der Waals surface area contributed by atoms with Gasteiger partial charge in [-0.25, -0.2) is 4.98 Å². The molecule has 1 aliphatic rings. The third-order valence-corrected chi connectivity index (χ3v) is 2.88. The summed E-state index contributed by atoms with van der Waals surface area (Å²) in [5.41, 5.74) is 0.311. The second-order valence-electron chi connectivity index (χ2n) is 4.63. The second kappa shape index (κ2) is 3.17. The molecular formula is C11H13N3O2. The third kappa shape index (κ3) is 1.35. The van der Waals surface area contributed by atoms with E-state index in [1.54, 1.807) is 0 Å². The lowest BCUT2D eigenvalue weighted by molar-refractivity contribution is 0.377. The molecular weight excluding hydrogens is 206 g/mol. The molecule has 0 saturated heterocycles. The third-order valence-electron chi connectivity index (χ3n) is 2.88. The Morgan fingerprint density at radius 2 is 2.19 bits per heavy atom. The van der Waals surface area contributed by atoms with Gasteiger partial charge >= 0.3 is 0 Å². The predicted octanol–water partition coefficient (Wildman–Crippen LogP) is 1.91. The highest BCUT2D eigenvalue weighted by molar-refractivity contribution is 5.76. The number of rotatable bonds is 2. The minimum Gasteiger partial charge on any atom is -0.358 e. The van der Waals surface area contributed by atoms with Crippen LogP contribution in [0.1, 0.15) is 50.1 Å². The summed E-state index contributed by atoms with van der Waals surface area (Å²) >= 11 is 0. The Bertz CT molecular complexity index is 593. The summed E-state index contributed by atoms with van der Waals surface area (Å²) in [6.45, 7) is 3.93. The molecule has 0 bridgehead atoms. The first-order valence-corrected chi connectivity index (χ1v) is 5.56. The lowest BCUT2D eigenvalue weighted by Gasteiger charge is -1.98. The molecule has 0 amide bonds. The van der Waals surface area contributed by atoms with Crippen molar-refractivity contribution in [3.8, 4) is 0 Å². The van der Waals surface area contributed by atoms with Crippen molar-refractivity contribution < 1.29 is 4.52 Å². The van der Waals surface area contributed by atoms with E-state index in [0.29, 0.717) is 22.7 Å². The maximum atomic E-state index is 11.9. The molecule has 0 unspecified atom stereocenters. The zero-order valence-corrected chi connectivity index (χ0v) is 9.28. The largest absolute Gasteiger partial charge is 0.358 e. The maximum absolute atomic E-state index is 11.9. The van der Waals surface area contributed by atoms with Gasteiger partial charge in [-0.05, 0) is 12.8 Å². The summed E-state index contributed by atoms with van der Waals surface area (Å²) in [5.74, 6) is 1.92. The van der Waals surface area contributed by atoms with Crippen LogP contribution in [0.5, 0.6) is 0 Å². The van der Waals surface area contributed by atoms with Gasteiger partial charge in [0.05, 0.1) is 0 Å². The van der Waals surface area contributed by atoms with Crippen LogP contribution < -0.4 is 5.56 Å². The zero-order valence-electron chi connectivity index (χ0n) is 9.28. The van der Waals surface area contributed by atoms with Gasteiger partial charge in [0.2, 0.25) is 5.65 Å². The average molecular weight is 219 g/mol. The highest BCUT2D eigenvalue weighted by atomic mass is 16.5. The van der Waals surface area contributed by atoms with E-state index in [2.05, 4.69) is 15.1 Å². The SMILES string of the molecule is CC(C)c1onc2nc(C3CC3)[nH]c(=O)c12. The first-order valence-electron chi connectivity index (χ1n) is 5.56. The molecule has 5 nitrogen and oxygen atoms in total. The lowest BCUT2D eigenvalue weighted by Crippen LogP contribution is -2.12. The fourth-order valence-electron chi connectivity index (χ4n) is 1.85. The standard InChI is InChI=1S/C11H13N3O2/c1-5(2)8-7-10(14-16-8)12-9(6-3-4-6)13-11(7)15/h5-6H,3-4H2,1-2H3,(H,12,13,14,15). The first kappa shape index (κ1) is 9.57. The maximum Gasteiger partial charge on any atom is 0.264 e. The summed E-state index contributed by atoms with van der Waals surface area (Å²) in [5, 5.41) is 4.36. The molecule has 0 atom stereocenters. The van der Waals surface area contributed by atoms with Crippen molar-refractivity contribution in [2.75, 3.05) is 0 Å². The van der Waals surface area contributed by atoms with Crippen LogP contribution in [0, 0.1) is 0 Å². The number of nitrogens with one attached hydrogen (secondary N) is 1. The van der Waals surface area contributed by atoms with Crippen molar-refractivity contribution in [1.29, 1.82) is 0 Å². The number of H-pyrrole nitrogens is 1. The Morgan fingerprint density at radius 1 is 1.44 bits per heavy atom. The zero-order chi connectivity index (χ0) is 11.3. The quantitative estimate of drug-likeness (QED) is 0.837. The van der Waals surface area contributed by atoms with Gasteiger partial charge in [-0.2, -0.15) is 0 Å². The Labute approximate surface area is 91.9 Å². The summed E-state index contributed by atoms with van der Waals surface area (Å²) in [4.78, 5) is 19.1. The van der Waals surface area contributed by atoms with Crippen molar-refractivity contribution in [3.05, 3.63) is 21.9 Å². The van der Waals surface area contributed by atoms with Gasteiger partial charge in [0.1, 0.15) is 11.2 Å². The topological polar surface area (TPSA) is 71.8 Å². The predicted molar refractivity (Wildman–Crippen MR) is 58.5 cm³/mol. The van der Waals surface area contributed by atoms with Crippen molar-refractivity contribution in [2.45, 2.75) is 38.5 Å². The molecule has 0 aromatic carbocycles. The molecule has 1 saturated carbocycles. The molecule has 84 valence electrons. The van der Waals surface area contributed by atoms with Crippen LogP contribution >= 0.6 is 0 Å². The highest BCUT2D eigenvalue weighted by Crippen LogP contribution is 2.37. The monoisotopic (exact) mass is 219 g/mol. The van der Waals surface area contributed by atoms with E-state index in [1.807, 2.05) is 13.8 Å². The normalized spacial score (nSPS) is 16.2. The summed E-state index contributed by atoms with van der Waals surface area (Å²) in [7, 11) is 0. The van der Waals surface area contributed by atoms with E-state index in [-0.39, 0.29) is 11.5 Å². The Hall–Kier alpha value is -1.65. The van der Waals surface area contributed by atoms with Gasteiger partial charge in [-0.15, -0.1) is 0 Å². The van der Waals surface area contributed by atoms with Crippen molar-refractivity contribution >= 4 is 11.0 Å². The Kier molecular flexibility index (Phi) is 1.89. The van der Waals surface area contributed by atoms with Crippen LogP contribution in [0.2, 0.25) is 0 Å². The number of hydrogen-bond acceptors (Lipinski definition) is 4. The molecule has 1 aliphatic carbocycles. The minimum atomic E-state index is -0.128. The molecule has 3 rings (SSSR count). The number of aromatic amines is 1. The van der Waals surface area contributed by atoms with Crippen LogP contribution in [-0.4, -0.2) is 15.1 Å². The Balaban J connectivity index is 2.26. The number of hydrogen-bond donors (Lipinski definition) is 1. The van der Waals surface area contributed by atoms with Crippen LogP contribution in [0.3, 0.4) is 0 Å². The van der Waals surface area contributed by atoms with E-state index in [4.69, 9.17) is 4.52 Å². The fraction of sp³-hybridized carbons (Fsp3) is 0.545. The highest BCUT2D eigenvalue weighted by Gasteiger charge is 2.28. The molecule has 2 aromatic rings. The van der Waals surface area contributed by atoms with E-state index in [9.17, 15) is 4.79 Å². The van der Waals surface area contributed by atoms with Crippen molar-refractivity contribution in [3.63, 3.8) is 0 Å². The molecule has 2 aromatic heterocycles. The smallest absolute Gasteiger partial charge is 0.264 e. The first-order chi connectivity index (χ1) is 7.66. The molecule has 1 N–H and O–H groups in total. The van der Waals surface area contributed by atoms with E-state index >= 15 is 0 Å². The van der Waals surface area contributed by atoms with Gasteiger partial charge in [0.25, 0.3) is 5.56 Å². The van der Waals surface area contributed by atoms with Crippen LogP contribution in [-0.2, 0) is 0 Å². The van der Waals surface area contributed by atoms with Gasteiger partial charge in [-0.3, -0.25) is 4.79 Å². The van der Waals surface area contributed by atoms with E-state index in [0.717, 1.165) is 18.7 Å². The van der Waals surface area contributed by atoms with Gasteiger partial charge in [0, 0.05) is 11.8 Å². The van der Waals surface area contributed by atoms with Gasteiger partial charge < -0.3 is 9.51 Å². The molecule has 5 heteroatoms. The molecule has 0 radical (unpaired) electrons. The molecule has 0 spiro atoms. The van der Waals surface area contributed by atoms with Crippen LogP contribution in [0.25, 0.3) is 11.0 Å². The molecule has 16 heavy (non-hydrogen) atoms. The lowest BCUT2D eigenvalue weighted by atomic mass is 10.1. The fourth-order valence-corrected chi connectivity index (χ4v) is 1.85. The average Bonchev–Trinajstić information content (AvgIpc) is 2.98. The van der Waals surface area contributed by atoms with Gasteiger partial charge in [0.15, 0.2) is 5.76 Å². The molecule has 2 heterocycles. The molecule has 0 aliphatic heterocycles.